The zero-order chi connectivity index (χ0) is 15.1. The predicted molar refractivity (Wildman–Crippen MR) is 85.5 cm³/mol. The molecule has 0 fully saturated rings. The number of nitrogens with one attached hydrogen (secondary N) is 1. The van der Waals surface area contributed by atoms with E-state index in [9.17, 15) is 4.79 Å². The first-order chi connectivity index (χ1) is 10.7. The van der Waals surface area contributed by atoms with Gasteiger partial charge in [-0.2, -0.15) is 5.10 Å². The van der Waals surface area contributed by atoms with Crippen molar-refractivity contribution in [3.8, 4) is 5.69 Å². The molecule has 4 rings (SSSR count). The summed E-state index contributed by atoms with van der Waals surface area (Å²) >= 11 is 0. The number of aryl methyl sites for hydroxylation is 1. The highest BCUT2D eigenvalue weighted by atomic mass is 16.1. The minimum Gasteiger partial charge on any atom is -0.322 e. The standard InChI is InChI=1S/C18H15N3O/c1-12-17-16(21(20-12)14-8-3-2-4-9-14)11-13-7-5-6-10-15(13)19-18(17)22/h2-10H,11H2,1H3,(H,19,22). The lowest BCUT2D eigenvalue weighted by atomic mass is 10.1. The molecule has 0 unspecified atom stereocenters. The molecule has 1 aromatic heterocycles. The first kappa shape index (κ1) is 12.8. The molecule has 1 aliphatic rings. The fraction of sp³-hybridized carbons (Fsp3) is 0.111. The number of para-hydroxylation sites is 2. The van der Waals surface area contributed by atoms with E-state index in [1.165, 1.54) is 0 Å². The van der Waals surface area contributed by atoms with Gasteiger partial charge in [0.25, 0.3) is 5.91 Å². The monoisotopic (exact) mass is 289 g/mol. The largest absolute Gasteiger partial charge is 0.322 e. The molecule has 1 amide bonds. The molecule has 0 bridgehead atoms. The van der Waals surface area contributed by atoms with Crippen LogP contribution in [0.2, 0.25) is 0 Å². The number of hydrogen-bond acceptors (Lipinski definition) is 2. The molecule has 0 spiro atoms. The molecular formula is C18H15N3O. The number of amides is 1. The number of aromatic nitrogens is 2. The van der Waals surface area contributed by atoms with E-state index >= 15 is 0 Å². The summed E-state index contributed by atoms with van der Waals surface area (Å²) in [6.45, 7) is 1.88. The van der Waals surface area contributed by atoms with Crippen molar-refractivity contribution < 1.29 is 4.79 Å². The van der Waals surface area contributed by atoms with Crippen LogP contribution in [-0.4, -0.2) is 15.7 Å². The maximum absolute atomic E-state index is 12.6. The average molecular weight is 289 g/mol. The first-order valence-corrected chi connectivity index (χ1v) is 7.27. The third-order valence-corrected chi connectivity index (χ3v) is 4.01. The SMILES string of the molecule is Cc1nn(-c2ccccc2)c2c1C(=O)Nc1ccccc1C2. The normalized spacial score (nSPS) is 13.0. The van der Waals surface area contributed by atoms with Gasteiger partial charge >= 0.3 is 0 Å². The lowest BCUT2D eigenvalue weighted by Crippen LogP contribution is -2.12. The first-order valence-electron chi connectivity index (χ1n) is 7.27. The molecule has 0 saturated heterocycles. The molecule has 0 atom stereocenters. The van der Waals surface area contributed by atoms with Gasteiger partial charge in [-0.15, -0.1) is 0 Å². The zero-order valence-electron chi connectivity index (χ0n) is 12.2. The van der Waals surface area contributed by atoms with E-state index in [0.717, 1.165) is 28.3 Å². The maximum atomic E-state index is 12.6. The van der Waals surface area contributed by atoms with Crippen LogP contribution in [0, 0.1) is 6.92 Å². The molecular weight excluding hydrogens is 274 g/mol. The Labute approximate surface area is 128 Å². The van der Waals surface area contributed by atoms with Crippen LogP contribution >= 0.6 is 0 Å². The number of carbonyl (C=O) groups is 1. The van der Waals surface area contributed by atoms with Gasteiger partial charge in [0.05, 0.1) is 22.6 Å². The zero-order valence-corrected chi connectivity index (χ0v) is 12.2. The van der Waals surface area contributed by atoms with Gasteiger partial charge < -0.3 is 5.32 Å². The molecule has 2 heterocycles. The Balaban J connectivity index is 1.94. The van der Waals surface area contributed by atoms with Crippen molar-refractivity contribution >= 4 is 11.6 Å². The van der Waals surface area contributed by atoms with Gasteiger partial charge in [0.15, 0.2) is 0 Å². The second-order valence-corrected chi connectivity index (χ2v) is 5.44. The summed E-state index contributed by atoms with van der Waals surface area (Å²) < 4.78 is 1.88. The molecule has 0 radical (unpaired) electrons. The summed E-state index contributed by atoms with van der Waals surface area (Å²) in [5.74, 6) is -0.0837. The average Bonchev–Trinajstić information content (AvgIpc) is 2.78. The highest BCUT2D eigenvalue weighted by Gasteiger charge is 2.26. The van der Waals surface area contributed by atoms with E-state index in [0.29, 0.717) is 12.0 Å². The molecule has 0 aliphatic carbocycles. The lowest BCUT2D eigenvalue weighted by molar-refractivity contribution is 0.102. The minimum absolute atomic E-state index is 0.0837. The van der Waals surface area contributed by atoms with Crippen molar-refractivity contribution in [2.75, 3.05) is 5.32 Å². The van der Waals surface area contributed by atoms with Gasteiger partial charge in [-0.1, -0.05) is 36.4 Å². The third-order valence-electron chi connectivity index (χ3n) is 4.01. The Morgan fingerprint density at radius 2 is 1.77 bits per heavy atom. The van der Waals surface area contributed by atoms with Crippen molar-refractivity contribution in [2.45, 2.75) is 13.3 Å². The molecule has 1 N–H and O–H groups in total. The van der Waals surface area contributed by atoms with Crippen molar-refractivity contribution in [3.05, 3.63) is 77.1 Å². The van der Waals surface area contributed by atoms with Gasteiger partial charge in [-0.25, -0.2) is 4.68 Å². The van der Waals surface area contributed by atoms with Crippen LogP contribution in [0.4, 0.5) is 5.69 Å². The summed E-state index contributed by atoms with van der Waals surface area (Å²) in [6, 6.07) is 17.8. The van der Waals surface area contributed by atoms with Crippen LogP contribution in [0.1, 0.15) is 27.3 Å². The number of nitrogens with zero attached hydrogens (tertiary/aromatic N) is 2. The second-order valence-electron chi connectivity index (χ2n) is 5.44. The molecule has 22 heavy (non-hydrogen) atoms. The fourth-order valence-electron chi connectivity index (χ4n) is 2.98. The Kier molecular flexibility index (Phi) is 2.82. The van der Waals surface area contributed by atoms with Crippen molar-refractivity contribution in [1.29, 1.82) is 0 Å². The highest BCUT2D eigenvalue weighted by molar-refractivity contribution is 6.07. The van der Waals surface area contributed by atoms with Crippen LogP contribution < -0.4 is 5.32 Å². The van der Waals surface area contributed by atoms with Crippen LogP contribution in [0.5, 0.6) is 0 Å². The van der Waals surface area contributed by atoms with Gasteiger partial charge in [-0.05, 0) is 30.7 Å². The van der Waals surface area contributed by atoms with Gasteiger partial charge in [0, 0.05) is 12.1 Å². The van der Waals surface area contributed by atoms with E-state index in [1.54, 1.807) is 0 Å². The summed E-state index contributed by atoms with van der Waals surface area (Å²) in [5, 5.41) is 7.58. The van der Waals surface area contributed by atoms with E-state index in [2.05, 4.69) is 10.4 Å². The van der Waals surface area contributed by atoms with Crippen LogP contribution in [0.25, 0.3) is 5.69 Å². The summed E-state index contributed by atoms with van der Waals surface area (Å²) in [6.07, 6.45) is 0.681. The maximum Gasteiger partial charge on any atom is 0.259 e. The molecule has 108 valence electrons. The van der Waals surface area contributed by atoms with Gasteiger partial charge in [0.1, 0.15) is 0 Å². The van der Waals surface area contributed by atoms with Crippen LogP contribution in [-0.2, 0) is 6.42 Å². The van der Waals surface area contributed by atoms with Gasteiger partial charge in [0.2, 0.25) is 0 Å². The van der Waals surface area contributed by atoms with E-state index < -0.39 is 0 Å². The summed E-state index contributed by atoms with van der Waals surface area (Å²) in [5.41, 5.74) is 5.32. The van der Waals surface area contributed by atoms with Crippen molar-refractivity contribution in [3.63, 3.8) is 0 Å². The number of anilines is 1. The number of carbonyl (C=O) groups excluding carboxylic acids is 1. The Morgan fingerprint density at radius 1 is 1.05 bits per heavy atom. The van der Waals surface area contributed by atoms with Crippen LogP contribution in [0.3, 0.4) is 0 Å². The number of fused-ring (bicyclic) bond motifs is 2. The molecule has 1 aliphatic heterocycles. The smallest absolute Gasteiger partial charge is 0.259 e. The Hall–Kier alpha value is -2.88. The summed E-state index contributed by atoms with van der Waals surface area (Å²) in [7, 11) is 0. The fourth-order valence-corrected chi connectivity index (χ4v) is 2.98. The lowest BCUT2D eigenvalue weighted by Gasteiger charge is -2.08. The number of benzene rings is 2. The highest BCUT2D eigenvalue weighted by Crippen LogP contribution is 2.29. The number of rotatable bonds is 1. The number of hydrogen-bond donors (Lipinski definition) is 1. The molecule has 2 aromatic carbocycles. The molecule has 4 heteroatoms. The minimum atomic E-state index is -0.0837. The molecule has 4 nitrogen and oxygen atoms in total. The Bertz CT molecular complexity index is 865. The second kappa shape index (κ2) is 4.84. The Morgan fingerprint density at radius 3 is 2.59 bits per heavy atom. The van der Waals surface area contributed by atoms with E-state index in [4.69, 9.17) is 0 Å². The van der Waals surface area contributed by atoms with Crippen LogP contribution in [0.15, 0.2) is 54.6 Å². The third kappa shape index (κ3) is 1.92. The quantitative estimate of drug-likeness (QED) is 0.747. The molecule has 3 aromatic rings. The predicted octanol–water partition coefficient (Wildman–Crippen LogP) is 3.34. The van der Waals surface area contributed by atoms with Crippen molar-refractivity contribution in [2.24, 2.45) is 0 Å². The van der Waals surface area contributed by atoms with E-state index in [1.807, 2.05) is 66.2 Å². The van der Waals surface area contributed by atoms with Crippen molar-refractivity contribution in [1.82, 2.24) is 9.78 Å². The summed E-state index contributed by atoms with van der Waals surface area (Å²) in [4.78, 5) is 12.6. The van der Waals surface area contributed by atoms with E-state index in [-0.39, 0.29) is 5.91 Å². The topological polar surface area (TPSA) is 46.9 Å². The molecule has 0 saturated carbocycles. The van der Waals surface area contributed by atoms with Gasteiger partial charge in [-0.3, -0.25) is 4.79 Å².